The van der Waals surface area contributed by atoms with Crippen LogP contribution >= 0.6 is 0 Å². The molecule has 0 aliphatic carbocycles. The Morgan fingerprint density at radius 1 is 0.464 bits per heavy atom. The van der Waals surface area contributed by atoms with Crippen LogP contribution in [-0.2, 0) is 0 Å². The van der Waals surface area contributed by atoms with Crippen LogP contribution in [0.1, 0.15) is 18.1 Å². The van der Waals surface area contributed by atoms with Crippen LogP contribution < -0.4 is 0 Å². The van der Waals surface area contributed by atoms with Gasteiger partial charge in [-0.05, 0) is 120 Å². The van der Waals surface area contributed by atoms with Gasteiger partial charge in [-0.1, -0.05) is 164 Å². The lowest BCUT2D eigenvalue weighted by Gasteiger charge is -2.18. The van der Waals surface area contributed by atoms with E-state index in [2.05, 4.69) is 212 Å². The monoisotopic (exact) mass is 712 g/mol. The number of benzene rings is 9. The van der Waals surface area contributed by atoms with E-state index in [-0.39, 0.29) is 0 Å². The van der Waals surface area contributed by atoms with Crippen LogP contribution in [0.4, 0.5) is 0 Å². The number of rotatable bonds is 5. The number of fused-ring (bicyclic) bond motifs is 11. The summed E-state index contributed by atoms with van der Waals surface area (Å²) in [5.74, 6) is 0. The molecule has 0 unspecified atom stereocenters. The zero-order chi connectivity index (χ0) is 37.2. The molecule has 2 nitrogen and oxygen atoms in total. The van der Waals surface area contributed by atoms with Crippen LogP contribution in [0.3, 0.4) is 0 Å². The van der Waals surface area contributed by atoms with Gasteiger partial charge >= 0.3 is 0 Å². The highest BCUT2D eigenvalue weighted by Crippen LogP contribution is 2.43. The van der Waals surface area contributed by atoms with E-state index in [0.29, 0.717) is 0 Å². The van der Waals surface area contributed by atoms with Crippen LogP contribution in [0.2, 0.25) is 0 Å². The third-order valence-corrected chi connectivity index (χ3v) is 11.4. The van der Waals surface area contributed by atoms with E-state index >= 15 is 0 Å². The van der Waals surface area contributed by atoms with E-state index in [4.69, 9.17) is 4.98 Å². The number of pyridine rings is 1. The van der Waals surface area contributed by atoms with Crippen molar-refractivity contribution in [2.75, 3.05) is 0 Å². The molecule has 0 bridgehead atoms. The van der Waals surface area contributed by atoms with E-state index in [1.54, 1.807) is 0 Å². The normalized spacial score (nSPS) is 12.4. The first-order valence-corrected chi connectivity index (χ1v) is 19.3. The largest absolute Gasteiger partial charge is 0.292 e. The molecule has 0 spiro atoms. The molecule has 2 heterocycles. The maximum atomic E-state index is 5.24. The van der Waals surface area contributed by atoms with Crippen molar-refractivity contribution in [3.63, 3.8) is 0 Å². The Labute approximate surface area is 324 Å². The van der Waals surface area contributed by atoms with Crippen molar-refractivity contribution in [3.8, 4) is 22.3 Å². The average Bonchev–Trinajstić information content (AvgIpc) is 3.65. The summed E-state index contributed by atoms with van der Waals surface area (Å²) in [6.45, 7) is 2.10. The molecule has 9 aromatic carbocycles. The molecule has 0 saturated heterocycles. The van der Waals surface area contributed by atoms with E-state index in [9.17, 15) is 0 Å². The Balaban J connectivity index is 1.04. The summed E-state index contributed by atoms with van der Waals surface area (Å²) in [7, 11) is 0. The van der Waals surface area contributed by atoms with Crippen molar-refractivity contribution in [1.82, 2.24) is 9.38 Å². The Kier molecular flexibility index (Phi) is 7.43. The second-order valence-corrected chi connectivity index (χ2v) is 14.7. The second kappa shape index (κ2) is 12.9. The van der Waals surface area contributed by atoms with Crippen molar-refractivity contribution >= 4 is 82.3 Å². The van der Waals surface area contributed by atoms with Gasteiger partial charge in [0.05, 0.1) is 16.6 Å². The summed E-state index contributed by atoms with van der Waals surface area (Å²) in [4.78, 5) is 5.24. The molecule has 0 fully saturated rings. The highest BCUT2D eigenvalue weighted by molar-refractivity contribution is 6.21. The first-order valence-electron chi connectivity index (χ1n) is 19.3. The smallest absolute Gasteiger partial charge is 0.146 e. The van der Waals surface area contributed by atoms with Gasteiger partial charge in [-0.25, -0.2) is 4.98 Å². The van der Waals surface area contributed by atoms with Gasteiger partial charge in [-0.2, -0.15) is 0 Å². The summed E-state index contributed by atoms with van der Waals surface area (Å²) in [6.07, 6.45) is 6.69. The summed E-state index contributed by atoms with van der Waals surface area (Å²) in [6, 6.07) is 66.2. The molecule has 262 valence electrons. The van der Waals surface area contributed by atoms with Gasteiger partial charge in [-0.15, -0.1) is 0 Å². The van der Waals surface area contributed by atoms with Gasteiger partial charge in [0.25, 0.3) is 0 Å². The molecule has 11 rings (SSSR count). The molecule has 0 amide bonds. The van der Waals surface area contributed by atoms with Crippen LogP contribution in [0.5, 0.6) is 0 Å². The van der Waals surface area contributed by atoms with Crippen molar-refractivity contribution in [1.29, 1.82) is 0 Å². The first kappa shape index (κ1) is 32.2. The fraction of sp³-hybridized carbons (Fsp3) is 0.0185. The summed E-state index contributed by atoms with van der Waals surface area (Å²) in [5.41, 5.74) is 12.8. The number of nitrogens with zero attached hydrogens (tertiary/aromatic N) is 2. The Bertz CT molecular complexity index is 3360. The molecule has 0 N–H and O–H groups in total. The SMILES string of the molecule is C/C=C\C(=C/c1ccccc1)c1c2ccccc2c(-c2ccc3cc(-c4ccc5c(c4)nc4c6ccccc6c6ccccc6n54)ccc3c2)c2ccccc12. The number of hydrogen-bond donors (Lipinski definition) is 0. The standard InChI is InChI=1S/C54H36N2/c1-2-14-40(31-35-15-4-3-5-16-35)52-44-19-7-9-21-46(44)53(47-22-10-8-20-45(47)52)41-28-27-36-32-37(25-26-38(36)33-41)39-29-30-51-49(34-39)55-54-48-23-11-6-17-42(48)43-18-12-13-24-50(43)56(51)54/h2-34H,1H3/b14-2-,40-31+. The summed E-state index contributed by atoms with van der Waals surface area (Å²) < 4.78 is 2.32. The van der Waals surface area contributed by atoms with Crippen molar-refractivity contribution in [3.05, 3.63) is 205 Å². The Morgan fingerprint density at radius 3 is 1.73 bits per heavy atom. The molecule has 0 aliphatic rings. The predicted octanol–water partition coefficient (Wildman–Crippen LogP) is 14.7. The Hall–Kier alpha value is -7.29. The molecule has 0 radical (unpaired) electrons. The first-order chi connectivity index (χ1) is 27.7. The predicted molar refractivity (Wildman–Crippen MR) is 240 cm³/mol. The van der Waals surface area contributed by atoms with Crippen molar-refractivity contribution in [2.45, 2.75) is 6.92 Å². The maximum absolute atomic E-state index is 5.24. The fourth-order valence-corrected chi connectivity index (χ4v) is 8.94. The van der Waals surface area contributed by atoms with Gasteiger partial charge in [0.2, 0.25) is 0 Å². The number of hydrogen-bond acceptors (Lipinski definition) is 1. The van der Waals surface area contributed by atoms with E-state index in [0.717, 1.165) is 22.2 Å². The van der Waals surface area contributed by atoms with Crippen molar-refractivity contribution in [2.24, 2.45) is 0 Å². The van der Waals surface area contributed by atoms with Gasteiger partial charge in [0.15, 0.2) is 0 Å². The number of aromatic nitrogens is 2. The zero-order valence-corrected chi connectivity index (χ0v) is 30.9. The minimum Gasteiger partial charge on any atom is -0.292 e. The molecule has 56 heavy (non-hydrogen) atoms. The quantitative estimate of drug-likeness (QED) is 0.0751. The fourth-order valence-electron chi connectivity index (χ4n) is 8.94. The van der Waals surface area contributed by atoms with Crippen LogP contribution in [0, 0.1) is 0 Å². The molecule has 2 aromatic heterocycles. The van der Waals surface area contributed by atoms with Crippen LogP contribution in [-0.4, -0.2) is 9.38 Å². The average molecular weight is 713 g/mol. The highest BCUT2D eigenvalue weighted by Gasteiger charge is 2.18. The third kappa shape index (κ3) is 5.07. The number of allylic oxidation sites excluding steroid dienone is 3. The van der Waals surface area contributed by atoms with Crippen molar-refractivity contribution < 1.29 is 0 Å². The lowest BCUT2D eigenvalue weighted by atomic mass is 9.85. The molecular weight excluding hydrogens is 677 g/mol. The van der Waals surface area contributed by atoms with Gasteiger partial charge in [0, 0.05) is 10.8 Å². The Morgan fingerprint density at radius 2 is 1.02 bits per heavy atom. The second-order valence-electron chi connectivity index (χ2n) is 14.7. The van der Waals surface area contributed by atoms with Gasteiger partial charge in [0.1, 0.15) is 5.65 Å². The molecule has 11 aromatic rings. The van der Waals surface area contributed by atoms with Gasteiger partial charge < -0.3 is 0 Å². The topological polar surface area (TPSA) is 17.3 Å². The van der Waals surface area contributed by atoms with E-state index in [1.165, 1.54) is 87.4 Å². The highest BCUT2D eigenvalue weighted by atomic mass is 15.0. The molecule has 2 heteroatoms. The third-order valence-electron chi connectivity index (χ3n) is 11.4. The lowest BCUT2D eigenvalue weighted by Crippen LogP contribution is -1.93. The van der Waals surface area contributed by atoms with Crippen LogP contribution in [0.25, 0.3) is 105 Å². The lowest BCUT2D eigenvalue weighted by molar-refractivity contribution is 1.31. The van der Waals surface area contributed by atoms with E-state index < -0.39 is 0 Å². The maximum Gasteiger partial charge on any atom is 0.146 e. The molecular formula is C54H36N2. The number of imidazole rings is 1. The zero-order valence-electron chi connectivity index (χ0n) is 30.9. The van der Waals surface area contributed by atoms with E-state index in [1.807, 2.05) is 0 Å². The minimum atomic E-state index is 0.996. The minimum absolute atomic E-state index is 0.996. The number of para-hydroxylation sites is 1. The molecule has 0 atom stereocenters. The van der Waals surface area contributed by atoms with Crippen LogP contribution in [0.15, 0.2) is 194 Å². The van der Waals surface area contributed by atoms with Gasteiger partial charge in [-0.3, -0.25) is 4.40 Å². The molecule has 0 aliphatic heterocycles. The summed E-state index contributed by atoms with van der Waals surface area (Å²) in [5, 5.41) is 11.1. The summed E-state index contributed by atoms with van der Waals surface area (Å²) >= 11 is 0. The molecule has 0 saturated carbocycles.